The molecule has 4 aromatic rings. The van der Waals surface area contributed by atoms with Crippen molar-refractivity contribution in [3.05, 3.63) is 117 Å². The third-order valence-corrected chi connectivity index (χ3v) is 9.60. The van der Waals surface area contributed by atoms with Gasteiger partial charge in [0.05, 0.1) is 12.6 Å². The Kier molecular flexibility index (Phi) is 7.96. The number of hydrogen-bond donors (Lipinski definition) is 4. The molecule has 1 unspecified atom stereocenters. The highest BCUT2D eigenvalue weighted by Crippen LogP contribution is 2.51. The van der Waals surface area contributed by atoms with Gasteiger partial charge in [0, 0.05) is 45.0 Å². The number of nitrogens with zero attached hydrogens (tertiary/aromatic N) is 1. The largest absolute Gasteiger partial charge is 0.384 e. The minimum atomic E-state index is -3.16. The number of nitrogens with two attached hydrogens (primary N) is 1. The monoisotopic (exact) mass is 627 g/mol. The van der Waals surface area contributed by atoms with Crippen LogP contribution >= 0.6 is 11.3 Å². The minimum absolute atomic E-state index is 0.0565. The maximum Gasteiger partial charge on any atom is 0.299 e. The van der Waals surface area contributed by atoms with Crippen LogP contribution in [0.5, 0.6) is 0 Å². The Balaban J connectivity index is 1.17. The molecule has 45 heavy (non-hydrogen) atoms. The van der Waals surface area contributed by atoms with Crippen molar-refractivity contribution in [1.82, 2.24) is 15.5 Å². The number of nitrogens with one attached hydrogen (secondary N) is 3. The van der Waals surface area contributed by atoms with Crippen LogP contribution in [0.1, 0.15) is 62.8 Å². The first-order valence-electron chi connectivity index (χ1n) is 14.5. The van der Waals surface area contributed by atoms with E-state index in [1.165, 1.54) is 40.5 Å². The molecule has 1 saturated heterocycles. The van der Waals surface area contributed by atoms with E-state index in [1.54, 1.807) is 29.6 Å². The molecule has 6 rings (SSSR count). The van der Waals surface area contributed by atoms with Crippen LogP contribution in [0.3, 0.4) is 0 Å². The highest BCUT2D eigenvalue weighted by atomic mass is 32.1. The van der Waals surface area contributed by atoms with E-state index in [9.17, 15) is 23.2 Å². The van der Waals surface area contributed by atoms with E-state index < -0.39 is 23.8 Å². The summed E-state index contributed by atoms with van der Waals surface area (Å²) in [4.78, 5) is 42.5. The molecule has 0 bridgehead atoms. The second kappa shape index (κ2) is 11.9. The molecule has 1 aliphatic heterocycles. The summed E-state index contributed by atoms with van der Waals surface area (Å²) in [5.74, 6) is -4.63. The van der Waals surface area contributed by atoms with Crippen LogP contribution in [-0.4, -0.2) is 47.6 Å². The quantitative estimate of drug-likeness (QED) is 0.159. The van der Waals surface area contributed by atoms with Crippen molar-refractivity contribution in [1.29, 1.82) is 5.41 Å². The number of rotatable bonds is 8. The summed E-state index contributed by atoms with van der Waals surface area (Å²) in [6.45, 7) is 1.76. The fourth-order valence-electron chi connectivity index (χ4n) is 6.11. The predicted octanol–water partition coefficient (Wildman–Crippen LogP) is 5.14. The van der Waals surface area contributed by atoms with Crippen LogP contribution in [-0.2, 0) is 15.5 Å². The van der Waals surface area contributed by atoms with Gasteiger partial charge in [-0.3, -0.25) is 19.8 Å². The van der Waals surface area contributed by atoms with Crippen molar-refractivity contribution in [2.24, 2.45) is 5.73 Å². The SMILES string of the molecule is C[C@@H](NC(=O)C1C[C@@H](c2ccccc2)CN1C(=O)CNC(=O)c1ccc2c(c1)-c1ccccc1C2(F)F)c1cc(C(=N)N)cs1. The fourth-order valence-corrected chi connectivity index (χ4v) is 7.02. The van der Waals surface area contributed by atoms with Gasteiger partial charge in [-0.25, -0.2) is 0 Å². The second-order valence-electron chi connectivity index (χ2n) is 11.3. The van der Waals surface area contributed by atoms with E-state index in [-0.39, 0.29) is 52.5 Å². The van der Waals surface area contributed by atoms with Crippen LogP contribution in [0.25, 0.3) is 11.1 Å². The van der Waals surface area contributed by atoms with E-state index in [0.29, 0.717) is 24.1 Å². The van der Waals surface area contributed by atoms with Gasteiger partial charge in [0.1, 0.15) is 11.9 Å². The number of benzene rings is 3. The molecule has 2 heterocycles. The highest BCUT2D eigenvalue weighted by molar-refractivity contribution is 7.10. The Morgan fingerprint density at radius 2 is 1.71 bits per heavy atom. The molecule has 11 heteroatoms. The second-order valence-corrected chi connectivity index (χ2v) is 12.3. The molecule has 3 aromatic carbocycles. The van der Waals surface area contributed by atoms with E-state index in [0.717, 1.165) is 10.4 Å². The maximum atomic E-state index is 15.0. The average Bonchev–Trinajstić information content (AvgIpc) is 3.77. The molecule has 8 nitrogen and oxygen atoms in total. The summed E-state index contributed by atoms with van der Waals surface area (Å²) in [5.41, 5.74) is 7.71. The Morgan fingerprint density at radius 3 is 2.44 bits per heavy atom. The summed E-state index contributed by atoms with van der Waals surface area (Å²) in [5, 5.41) is 15.0. The molecule has 230 valence electrons. The first-order valence-corrected chi connectivity index (χ1v) is 15.4. The average molecular weight is 628 g/mol. The Hall–Kier alpha value is -4.90. The van der Waals surface area contributed by atoms with Gasteiger partial charge in [0.2, 0.25) is 11.8 Å². The zero-order valence-electron chi connectivity index (χ0n) is 24.3. The van der Waals surface area contributed by atoms with Gasteiger partial charge in [-0.2, -0.15) is 8.78 Å². The third-order valence-electron chi connectivity index (χ3n) is 8.49. The normalized spacial score (nSPS) is 18.5. The van der Waals surface area contributed by atoms with Gasteiger partial charge < -0.3 is 21.3 Å². The summed E-state index contributed by atoms with van der Waals surface area (Å²) < 4.78 is 29.9. The van der Waals surface area contributed by atoms with Crippen LogP contribution < -0.4 is 16.4 Å². The van der Waals surface area contributed by atoms with Crippen LogP contribution in [0.15, 0.2) is 84.2 Å². The lowest BCUT2D eigenvalue weighted by molar-refractivity contribution is -0.137. The van der Waals surface area contributed by atoms with Gasteiger partial charge >= 0.3 is 0 Å². The molecule has 0 saturated carbocycles. The van der Waals surface area contributed by atoms with Crippen LogP contribution in [0.2, 0.25) is 0 Å². The van der Waals surface area contributed by atoms with E-state index in [1.807, 2.05) is 37.3 Å². The molecule has 0 spiro atoms. The van der Waals surface area contributed by atoms with Crippen molar-refractivity contribution in [3.63, 3.8) is 0 Å². The number of amides is 3. The van der Waals surface area contributed by atoms with E-state index in [2.05, 4.69) is 10.6 Å². The lowest BCUT2D eigenvalue weighted by Gasteiger charge is -2.25. The van der Waals surface area contributed by atoms with Gasteiger partial charge in [-0.05, 0) is 48.2 Å². The minimum Gasteiger partial charge on any atom is -0.384 e. The number of hydrogen-bond acceptors (Lipinski definition) is 5. The highest BCUT2D eigenvalue weighted by Gasteiger charge is 2.44. The number of amidine groups is 1. The number of carbonyl (C=O) groups is 3. The van der Waals surface area contributed by atoms with Gasteiger partial charge in [0.15, 0.2) is 0 Å². The molecule has 3 amide bonds. The number of likely N-dealkylation sites (tertiary alicyclic amines) is 1. The van der Waals surface area contributed by atoms with Crippen molar-refractivity contribution in [2.45, 2.75) is 37.3 Å². The number of halogens is 2. The number of carbonyl (C=O) groups excluding carboxylic acids is 3. The first kappa shape index (κ1) is 30.1. The van der Waals surface area contributed by atoms with Crippen molar-refractivity contribution in [2.75, 3.05) is 13.1 Å². The number of fused-ring (bicyclic) bond motifs is 3. The fraction of sp³-hybridized carbons (Fsp3) is 0.235. The molecule has 3 atom stereocenters. The van der Waals surface area contributed by atoms with Crippen molar-refractivity contribution >= 4 is 34.9 Å². The summed E-state index contributed by atoms with van der Waals surface area (Å²) in [6, 6.07) is 20.5. The standard InChI is InChI=1S/C34H31F2N5O3S/c1-19(29-15-23(18-45-29)31(37)38)40-33(44)28-14-22(20-7-3-2-4-8-20)17-41(28)30(42)16-39-32(43)21-11-12-27-25(13-21)24-9-5-6-10-26(24)34(27,35)36/h2-13,15,18-19,22,28H,14,16-17H2,1H3,(H3,37,38)(H,39,43)(H,40,44)/t19-,22-,28?/m1/s1. The van der Waals surface area contributed by atoms with Crippen molar-refractivity contribution < 1.29 is 23.2 Å². The van der Waals surface area contributed by atoms with Gasteiger partial charge in [0.25, 0.3) is 11.8 Å². The number of alkyl halides is 2. The Labute approximate surface area is 262 Å². The lowest BCUT2D eigenvalue weighted by Crippen LogP contribution is -2.49. The Morgan fingerprint density at radius 1 is 1.00 bits per heavy atom. The van der Waals surface area contributed by atoms with E-state index in [4.69, 9.17) is 11.1 Å². The molecular weight excluding hydrogens is 596 g/mol. The van der Waals surface area contributed by atoms with Crippen molar-refractivity contribution in [3.8, 4) is 11.1 Å². The maximum absolute atomic E-state index is 15.0. The topological polar surface area (TPSA) is 128 Å². The van der Waals surface area contributed by atoms with Gasteiger partial charge in [-0.15, -0.1) is 11.3 Å². The molecule has 1 fully saturated rings. The lowest BCUT2D eigenvalue weighted by atomic mass is 9.96. The molecule has 2 aliphatic rings. The summed E-state index contributed by atoms with van der Waals surface area (Å²) in [6.07, 6.45) is 0.407. The predicted molar refractivity (Wildman–Crippen MR) is 168 cm³/mol. The first-order chi connectivity index (χ1) is 21.5. The van der Waals surface area contributed by atoms with Crippen LogP contribution in [0.4, 0.5) is 8.78 Å². The summed E-state index contributed by atoms with van der Waals surface area (Å²) >= 11 is 1.38. The molecular formula is C34H31F2N5O3S. The zero-order valence-corrected chi connectivity index (χ0v) is 25.2. The zero-order chi connectivity index (χ0) is 31.9. The smallest absolute Gasteiger partial charge is 0.299 e. The molecule has 1 aliphatic carbocycles. The number of thiophene rings is 1. The third kappa shape index (κ3) is 5.71. The van der Waals surface area contributed by atoms with Gasteiger partial charge in [-0.1, -0.05) is 60.7 Å². The Bertz CT molecular complexity index is 1810. The summed E-state index contributed by atoms with van der Waals surface area (Å²) in [7, 11) is 0. The molecule has 5 N–H and O–H groups in total. The van der Waals surface area contributed by atoms with E-state index >= 15 is 0 Å². The molecule has 0 radical (unpaired) electrons. The number of nitrogen functional groups attached to an aromatic ring is 1. The van der Waals surface area contributed by atoms with Crippen LogP contribution in [0, 0.1) is 5.41 Å². The molecule has 1 aromatic heterocycles.